The third-order valence-corrected chi connectivity index (χ3v) is 1.11. The summed E-state index contributed by atoms with van der Waals surface area (Å²) in [6, 6.07) is 2.02. The molecule has 0 spiro atoms. The highest BCUT2D eigenvalue weighted by Gasteiger charge is 1.86. The van der Waals surface area contributed by atoms with Crippen molar-refractivity contribution in [3.8, 4) is 6.07 Å². The third kappa shape index (κ3) is 3.69. The van der Waals surface area contributed by atoms with E-state index in [9.17, 15) is 0 Å². The molecule has 0 amide bonds. The Morgan fingerprint density at radius 1 is 1.88 bits per heavy atom. The van der Waals surface area contributed by atoms with E-state index in [2.05, 4.69) is 17.2 Å². The van der Waals surface area contributed by atoms with Crippen LogP contribution in [0.25, 0.3) is 0 Å². The summed E-state index contributed by atoms with van der Waals surface area (Å²) in [7, 11) is 0. The predicted molar refractivity (Wildman–Crippen MR) is 36.9 cm³/mol. The van der Waals surface area contributed by atoms with E-state index in [1.165, 1.54) is 0 Å². The van der Waals surface area contributed by atoms with Gasteiger partial charge in [-0.2, -0.15) is 5.26 Å². The van der Waals surface area contributed by atoms with Crippen molar-refractivity contribution >= 4 is 18.5 Å². The summed E-state index contributed by atoms with van der Waals surface area (Å²) in [5, 5.41) is 8.08. The van der Waals surface area contributed by atoms with Gasteiger partial charge >= 0.3 is 0 Å². The highest BCUT2D eigenvalue weighted by Crippen LogP contribution is 1.91. The summed E-state index contributed by atoms with van der Waals surface area (Å²) < 4.78 is 3.59. The van der Waals surface area contributed by atoms with E-state index in [0.717, 1.165) is 12.1 Å². The molecule has 0 saturated heterocycles. The Balaban J connectivity index is 3.29. The topological polar surface area (TPSA) is 36.1 Å². The lowest BCUT2D eigenvalue weighted by Gasteiger charge is -1.87. The van der Waals surface area contributed by atoms with E-state index in [-0.39, 0.29) is 0 Å². The van der Waals surface area contributed by atoms with Gasteiger partial charge in [0.25, 0.3) is 0 Å². The van der Waals surface area contributed by atoms with Crippen LogP contribution in [0.5, 0.6) is 0 Å². The Bertz CT molecular complexity index is 123. The summed E-state index contributed by atoms with van der Waals surface area (Å²) in [6.45, 7) is 1.85. The highest BCUT2D eigenvalue weighted by molar-refractivity contribution is 7.79. The van der Waals surface area contributed by atoms with E-state index in [0.29, 0.717) is 6.42 Å². The lowest BCUT2D eigenvalue weighted by Crippen LogP contribution is -1.86. The van der Waals surface area contributed by atoms with Crippen molar-refractivity contribution in [3.63, 3.8) is 0 Å². The number of nitrogens with zero attached hydrogens (tertiary/aromatic N) is 2. The van der Waals surface area contributed by atoms with Crippen LogP contribution in [0.3, 0.4) is 0 Å². The van der Waals surface area contributed by atoms with Crippen LogP contribution in [-0.2, 0) is 0 Å². The first-order valence-corrected chi connectivity index (χ1v) is 2.75. The maximum Gasteiger partial charge on any atom is 0.0625 e. The van der Waals surface area contributed by atoms with Crippen molar-refractivity contribution in [1.29, 1.82) is 5.26 Å². The molecule has 0 aliphatic rings. The molecular formula is C5H8N2S. The molecule has 2 nitrogen and oxygen atoms in total. The number of hydrogen-bond donors (Lipinski definition) is 1. The lowest BCUT2D eigenvalue weighted by molar-refractivity contribution is 1.10. The number of hydrogen-bond acceptors (Lipinski definition) is 3. The Morgan fingerprint density at radius 2 is 2.50 bits per heavy atom. The average Bonchev–Trinajstić information content (AvgIpc) is 1.83. The molecule has 0 saturated carbocycles. The van der Waals surface area contributed by atoms with Crippen molar-refractivity contribution in [2.75, 3.05) is 0 Å². The van der Waals surface area contributed by atoms with Gasteiger partial charge in [0.15, 0.2) is 0 Å². The highest BCUT2D eigenvalue weighted by atomic mass is 32.1. The monoisotopic (exact) mass is 128 g/mol. The Kier molecular flexibility index (Phi) is 4.38. The molecule has 0 aromatic heterocycles. The lowest BCUT2D eigenvalue weighted by atomic mass is 10.2. The first-order valence-electron chi connectivity index (χ1n) is 2.35. The van der Waals surface area contributed by atoms with Crippen molar-refractivity contribution < 1.29 is 0 Å². The van der Waals surface area contributed by atoms with E-state index in [1.807, 2.05) is 13.0 Å². The summed E-state index contributed by atoms with van der Waals surface area (Å²) >= 11 is 3.67. The molecule has 0 aliphatic heterocycles. The zero-order chi connectivity index (χ0) is 6.41. The van der Waals surface area contributed by atoms with Crippen LogP contribution in [-0.4, -0.2) is 5.71 Å². The molecule has 0 heterocycles. The van der Waals surface area contributed by atoms with Gasteiger partial charge in [-0.25, -0.2) is 4.40 Å². The van der Waals surface area contributed by atoms with Gasteiger partial charge in [-0.05, 0) is 26.2 Å². The van der Waals surface area contributed by atoms with Crippen LogP contribution in [0.15, 0.2) is 4.40 Å². The van der Waals surface area contributed by atoms with Gasteiger partial charge in [-0.1, -0.05) is 0 Å². The first kappa shape index (κ1) is 7.51. The summed E-state index contributed by atoms with van der Waals surface area (Å²) in [6.07, 6.45) is 1.27. The second-order valence-electron chi connectivity index (χ2n) is 1.49. The minimum Gasteiger partial charge on any atom is -0.229 e. The standard InChI is InChI=1S/C5H8N2S/c1-5(7-8)3-2-4-6/h8H,2-3H2,1H3. The molecule has 0 fully saturated rings. The Morgan fingerprint density at radius 3 is 2.88 bits per heavy atom. The van der Waals surface area contributed by atoms with E-state index >= 15 is 0 Å². The molecule has 0 aromatic rings. The van der Waals surface area contributed by atoms with Crippen LogP contribution < -0.4 is 0 Å². The molecule has 0 bridgehead atoms. The molecule has 44 valence electrons. The molecular weight excluding hydrogens is 120 g/mol. The van der Waals surface area contributed by atoms with E-state index in [4.69, 9.17) is 5.26 Å². The SMILES string of the molecule is CC(CCC#N)=NS. The van der Waals surface area contributed by atoms with E-state index < -0.39 is 0 Å². The minimum absolute atomic E-state index is 0.538. The third-order valence-electron chi connectivity index (χ3n) is 0.769. The summed E-state index contributed by atoms with van der Waals surface area (Å²) in [5.41, 5.74) is 0.912. The van der Waals surface area contributed by atoms with Crippen LogP contribution in [0.1, 0.15) is 19.8 Å². The van der Waals surface area contributed by atoms with Crippen LogP contribution in [0.2, 0.25) is 0 Å². The zero-order valence-electron chi connectivity index (χ0n) is 4.76. The number of thiol groups is 1. The molecule has 0 atom stereocenters. The number of nitriles is 1. The normalized spacial score (nSPS) is 10.9. The predicted octanol–water partition coefficient (Wildman–Crippen LogP) is 1.60. The molecule has 0 N–H and O–H groups in total. The fraction of sp³-hybridized carbons (Fsp3) is 0.600. The van der Waals surface area contributed by atoms with Crippen molar-refractivity contribution in [1.82, 2.24) is 0 Å². The van der Waals surface area contributed by atoms with Gasteiger partial charge < -0.3 is 0 Å². The summed E-state index contributed by atoms with van der Waals surface area (Å²) in [5.74, 6) is 0. The van der Waals surface area contributed by atoms with Crippen molar-refractivity contribution in [2.24, 2.45) is 4.40 Å². The second kappa shape index (κ2) is 4.66. The maximum atomic E-state index is 8.08. The Hall–Kier alpha value is -0.490. The second-order valence-corrected chi connectivity index (χ2v) is 1.69. The Labute approximate surface area is 54.8 Å². The van der Waals surface area contributed by atoms with Gasteiger partial charge in [-0.3, -0.25) is 0 Å². The van der Waals surface area contributed by atoms with Gasteiger partial charge in [0, 0.05) is 12.1 Å². The first-order chi connectivity index (χ1) is 3.81. The molecule has 0 aromatic carbocycles. The summed E-state index contributed by atoms with van der Waals surface area (Å²) in [4.78, 5) is 0. The van der Waals surface area contributed by atoms with Gasteiger partial charge in [0.2, 0.25) is 0 Å². The van der Waals surface area contributed by atoms with Crippen LogP contribution >= 0.6 is 12.8 Å². The van der Waals surface area contributed by atoms with Crippen molar-refractivity contribution in [3.05, 3.63) is 0 Å². The fourth-order valence-electron chi connectivity index (χ4n) is 0.287. The van der Waals surface area contributed by atoms with E-state index in [1.54, 1.807) is 0 Å². The molecule has 8 heavy (non-hydrogen) atoms. The van der Waals surface area contributed by atoms with Gasteiger partial charge in [-0.15, -0.1) is 0 Å². The molecule has 3 heteroatoms. The van der Waals surface area contributed by atoms with Gasteiger partial charge in [0.1, 0.15) is 0 Å². The van der Waals surface area contributed by atoms with Crippen LogP contribution in [0.4, 0.5) is 0 Å². The zero-order valence-corrected chi connectivity index (χ0v) is 5.65. The fourth-order valence-corrected chi connectivity index (χ4v) is 0.387. The minimum atomic E-state index is 0.538. The van der Waals surface area contributed by atoms with Gasteiger partial charge in [0.05, 0.1) is 6.07 Å². The smallest absolute Gasteiger partial charge is 0.0625 e. The molecule has 0 rings (SSSR count). The largest absolute Gasteiger partial charge is 0.229 e. The average molecular weight is 128 g/mol. The van der Waals surface area contributed by atoms with Crippen LogP contribution in [0, 0.1) is 11.3 Å². The molecule has 0 radical (unpaired) electrons. The van der Waals surface area contributed by atoms with Crippen molar-refractivity contribution in [2.45, 2.75) is 19.8 Å². The maximum absolute atomic E-state index is 8.08. The molecule has 0 unspecified atom stereocenters. The number of rotatable bonds is 2. The molecule has 0 aliphatic carbocycles. The quantitative estimate of drug-likeness (QED) is 0.445.